The fraction of sp³-hybridized carbons (Fsp3) is 0.0714. The van der Waals surface area contributed by atoms with Gasteiger partial charge in [0.25, 0.3) is 5.91 Å². The molecule has 7 heteroatoms. The van der Waals surface area contributed by atoms with Crippen molar-refractivity contribution in [2.75, 3.05) is 0 Å². The molecule has 0 aliphatic heterocycles. The van der Waals surface area contributed by atoms with Crippen LogP contribution in [0.3, 0.4) is 0 Å². The van der Waals surface area contributed by atoms with Gasteiger partial charge in [-0.2, -0.15) is 17.9 Å². The molecule has 21 heavy (non-hydrogen) atoms. The molecule has 0 unspecified atom stereocenters. The second kappa shape index (κ2) is 4.69. The molecule has 1 aromatic heterocycles. The lowest BCUT2D eigenvalue weighted by Gasteiger charge is -2.07. The van der Waals surface area contributed by atoms with Crippen LogP contribution in [0.2, 0.25) is 0 Å². The maximum absolute atomic E-state index is 12.5. The number of aromatic nitrogens is 3. The van der Waals surface area contributed by atoms with Gasteiger partial charge in [0.1, 0.15) is 5.52 Å². The monoisotopic (exact) mass is 291 g/mol. The van der Waals surface area contributed by atoms with Crippen molar-refractivity contribution in [3.63, 3.8) is 0 Å². The Morgan fingerprint density at radius 3 is 2.33 bits per heavy atom. The van der Waals surface area contributed by atoms with Crippen molar-refractivity contribution in [3.05, 3.63) is 59.7 Å². The van der Waals surface area contributed by atoms with E-state index in [2.05, 4.69) is 10.3 Å². The summed E-state index contributed by atoms with van der Waals surface area (Å²) < 4.78 is 38.5. The average Bonchev–Trinajstić information content (AvgIpc) is 2.90. The van der Waals surface area contributed by atoms with Gasteiger partial charge in [-0.15, -0.1) is 5.10 Å². The quantitative estimate of drug-likeness (QED) is 0.692. The molecular weight excluding hydrogens is 283 g/mol. The molecule has 0 spiro atoms. The SMILES string of the molecule is O=C(c1ccc(C(F)(F)F)cc1)n1nnc2ccccc21. The van der Waals surface area contributed by atoms with Crippen molar-refractivity contribution in [1.82, 2.24) is 15.0 Å². The Bertz CT molecular complexity index is 806. The average molecular weight is 291 g/mol. The third kappa shape index (κ3) is 2.37. The van der Waals surface area contributed by atoms with E-state index in [1.807, 2.05) is 0 Å². The molecule has 0 saturated carbocycles. The second-order valence-electron chi connectivity index (χ2n) is 4.37. The standard InChI is InChI=1S/C14H8F3N3O/c15-14(16,17)10-7-5-9(6-8-10)13(21)20-12-4-2-1-3-11(12)18-19-20/h1-8H. The number of hydrogen-bond donors (Lipinski definition) is 0. The molecule has 4 nitrogen and oxygen atoms in total. The van der Waals surface area contributed by atoms with Gasteiger partial charge >= 0.3 is 6.18 Å². The van der Waals surface area contributed by atoms with E-state index in [0.29, 0.717) is 11.0 Å². The lowest BCUT2D eigenvalue weighted by Crippen LogP contribution is -2.14. The van der Waals surface area contributed by atoms with Gasteiger partial charge < -0.3 is 0 Å². The van der Waals surface area contributed by atoms with E-state index in [1.165, 1.54) is 0 Å². The lowest BCUT2D eigenvalue weighted by molar-refractivity contribution is -0.137. The Hall–Kier alpha value is -2.70. The number of nitrogens with zero attached hydrogens (tertiary/aromatic N) is 3. The minimum absolute atomic E-state index is 0.110. The summed E-state index contributed by atoms with van der Waals surface area (Å²) in [5, 5.41) is 7.57. The van der Waals surface area contributed by atoms with Crippen LogP contribution in [0.15, 0.2) is 48.5 Å². The highest BCUT2D eigenvalue weighted by Gasteiger charge is 2.30. The van der Waals surface area contributed by atoms with Gasteiger partial charge in [-0.3, -0.25) is 4.79 Å². The van der Waals surface area contributed by atoms with Gasteiger partial charge in [0.05, 0.1) is 11.1 Å². The minimum Gasteiger partial charge on any atom is -0.267 e. The first-order chi connectivity index (χ1) is 9.97. The van der Waals surface area contributed by atoms with Gasteiger partial charge in [0.15, 0.2) is 0 Å². The molecule has 0 aliphatic rings. The fourth-order valence-electron chi connectivity index (χ4n) is 1.94. The van der Waals surface area contributed by atoms with Crippen LogP contribution in [-0.4, -0.2) is 20.9 Å². The molecule has 0 atom stereocenters. The minimum atomic E-state index is -4.43. The smallest absolute Gasteiger partial charge is 0.267 e. The molecule has 106 valence electrons. The first-order valence-electron chi connectivity index (χ1n) is 5.99. The topological polar surface area (TPSA) is 47.8 Å². The van der Waals surface area contributed by atoms with E-state index in [0.717, 1.165) is 28.9 Å². The Morgan fingerprint density at radius 2 is 1.67 bits per heavy atom. The van der Waals surface area contributed by atoms with Crippen LogP contribution < -0.4 is 0 Å². The summed E-state index contributed by atoms with van der Waals surface area (Å²) in [4.78, 5) is 12.3. The Kier molecular flexibility index (Phi) is 2.97. The van der Waals surface area contributed by atoms with E-state index >= 15 is 0 Å². The first-order valence-corrected chi connectivity index (χ1v) is 5.99. The number of benzene rings is 2. The predicted octanol–water partition coefficient (Wildman–Crippen LogP) is 3.14. The molecule has 3 rings (SSSR count). The predicted molar refractivity (Wildman–Crippen MR) is 68.7 cm³/mol. The molecular formula is C14H8F3N3O. The maximum atomic E-state index is 12.5. The summed E-state index contributed by atoms with van der Waals surface area (Å²) in [6, 6.07) is 10.8. The summed E-state index contributed by atoms with van der Waals surface area (Å²) in [5.74, 6) is -0.530. The van der Waals surface area contributed by atoms with Crippen molar-refractivity contribution < 1.29 is 18.0 Å². The van der Waals surface area contributed by atoms with E-state index in [9.17, 15) is 18.0 Å². The second-order valence-corrected chi connectivity index (χ2v) is 4.37. The highest BCUT2D eigenvalue weighted by atomic mass is 19.4. The van der Waals surface area contributed by atoms with E-state index in [-0.39, 0.29) is 5.56 Å². The third-order valence-electron chi connectivity index (χ3n) is 3.00. The van der Waals surface area contributed by atoms with Crippen LogP contribution in [0.1, 0.15) is 15.9 Å². The van der Waals surface area contributed by atoms with Crippen molar-refractivity contribution in [3.8, 4) is 0 Å². The summed E-state index contributed by atoms with van der Waals surface area (Å²) in [5.41, 5.74) is 0.348. The van der Waals surface area contributed by atoms with Gasteiger partial charge in [0, 0.05) is 5.56 Å². The van der Waals surface area contributed by atoms with Gasteiger partial charge in [-0.1, -0.05) is 17.3 Å². The van der Waals surface area contributed by atoms with Crippen LogP contribution in [0, 0.1) is 0 Å². The number of fused-ring (bicyclic) bond motifs is 1. The maximum Gasteiger partial charge on any atom is 0.416 e. The van der Waals surface area contributed by atoms with Crippen molar-refractivity contribution in [2.24, 2.45) is 0 Å². The van der Waals surface area contributed by atoms with Gasteiger partial charge in [-0.05, 0) is 36.4 Å². The summed E-state index contributed by atoms with van der Waals surface area (Å²) in [6.07, 6.45) is -4.43. The van der Waals surface area contributed by atoms with Gasteiger partial charge in [-0.25, -0.2) is 0 Å². The fourth-order valence-corrected chi connectivity index (χ4v) is 1.94. The summed E-state index contributed by atoms with van der Waals surface area (Å²) >= 11 is 0. The Balaban J connectivity index is 1.99. The number of para-hydroxylation sites is 1. The molecule has 0 saturated heterocycles. The van der Waals surface area contributed by atoms with Crippen molar-refractivity contribution in [2.45, 2.75) is 6.18 Å². The van der Waals surface area contributed by atoms with Crippen LogP contribution in [-0.2, 0) is 6.18 Å². The van der Waals surface area contributed by atoms with Crippen LogP contribution in [0.4, 0.5) is 13.2 Å². The highest BCUT2D eigenvalue weighted by molar-refractivity contribution is 6.00. The Morgan fingerprint density at radius 1 is 1.00 bits per heavy atom. The van der Waals surface area contributed by atoms with Crippen LogP contribution in [0.25, 0.3) is 11.0 Å². The van der Waals surface area contributed by atoms with Crippen LogP contribution >= 0.6 is 0 Å². The summed E-state index contributed by atoms with van der Waals surface area (Å²) in [7, 11) is 0. The number of carbonyl (C=O) groups is 1. The van der Waals surface area contributed by atoms with Gasteiger partial charge in [0.2, 0.25) is 0 Å². The van der Waals surface area contributed by atoms with Crippen LogP contribution in [0.5, 0.6) is 0 Å². The van der Waals surface area contributed by atoms with Crippen molar-refractivity contribution >= 4 is 16.9 Å². The largest absolute Gasteiger partial charge is 0.416 e. The molecule has 1 heterocycles. The normalized spacial score (nSPS) is 11.8. The van der Waals surface area contributed by atoms with Crippen molar-refractivity contribution in [1.29, 1.82) is 0 Å². The molecule has 0 bridgehead atoms. The third-order valence-corrected chi connectivity index (χ3v) is 3.00. The van der Waals surface area contributed by atoms with E-state index in [1.54, 1.807) is 24.3 Å². The van der Waals surface area contributed by atoms with E-state index < -0.39 is 17.6 Å². The number of carbonyl (C=O) groups excluding carboxylic acids is 1. The lowest BCUT2D eigenvalue weighted by atomic mass is 10.1. The molecule has 2 aromatic carbocycles. The zero-order valence-corrected chi connectivity index (χ0v) is 10.5. The molecule has 0 aliphatic carbocycles. The zero-order valence-electron chi connectivity index (χ0n) is 10.5. The van der Waals surface area contributed by atoms with E-state index in [4.69, 9.17) is 0 Å². The molecule has 3 aromatic rings. The molecule has 0 fully saturated rings. The first kappa shape index (κ1) is 13.3. The Labute approximate surface area is 116 Å². The molecule has 0 N–H and O–H groups in total. The zero-order chi connectivity index (χ0) is 15.0. The highest BCUT2D eigenvalue weighted by Crippen LogP contribution is 2.29. The molecule has 0 amide bonds. The number of halogens is 3. The summed E-state index contributed by atoms with van der Waals surface area (Å²) in [6.45, 7) is 0. The molecule has 0 radical (unpaired) electrons. The number of alkyl halides is 3. The number of rotatable bonds is 1. The number of hydrogen-bond acceptors (Lipinski definition) is 3.